The van der Waals surface area contributed by atoms with Crippen LogP contribution in [0.15, 0.2) is 54.9 Å². The summed E-state index contributed by atoms with van der Waals surface area (Å²) in [5, 5.41) is 20.0. The fourth-order valence-corrected chi connectivity index (χ4v) is 4.75. The third kappa shape index (κ3) is 3.59. The second-order valence-electron chi connectivity index (χ2n) is 9.00. The predicted octanol–water partition coefficient (Wildman–Crippen LogP) is 4.79. The van der Waals surface area contributed by atoms with Crippen LogP contribution >= 0.6 is 0 Å². The molecule has 1 amide bonds. The van der Waals surface area contributed by atoms with Gasteiger partial charge in [-0.3, -0.25) is 19.6 Å². The summed E-state index contributed by atoms with van der Waals surface area (Å²) in [6, 6.07) is 12.2. The van der Waals surface area contributed by atoms with Crippen molar-refractivity contribution in [3.8, 4) is 11.3 Å². The molecule has 1 aliphatic heterocycles. The molecule has 0 saturated carbocycles. The van der Waals surface area contributed by atoms with Gasteiger partial charge in [0.1, 0.15) is 0 Å². The Morgan fingerprint density at radius 1 is 1.14 bits per heavy atom. The van der Waals surface area contributed by atoms with Crippen LogP contribution in [0.4, 0.5) is 23.1 Å². The number of nitrogens with one attached hydrogen (secondary N) is 2. The minimum absolute atomic E-state index is 0.0487. The van der Waals surface area contributed by atoms with E-state index in [1.54, 1.807) is 27.9 Å². The molecule has 4 heterocycles. The van der Waals surface area contributed by atoms with Gasteiger partial charge in [-0.1, -0.05) is 18.2 Å². The fourth-order valence-electron chi connectivity index (χ4n) is 4.75. The van der Waals surface area contributed by atoms with Crippen LogP contribution in [-0.2, 0) is 13.6 Å². The number of anilines is 3. The number of nitro groups is 1. The van der Waals surface area contributed by atoms with Crippen LogP contribution in [0.1, 0.15) is 27.2 Å². The molecule has 0 saturated heterocycles. The smallest absolute Gasteiger partial charge is 0.275 e. The molecule has 5 aromatic rings. The number of amides is 1. The number of H-pyrrole nitrogens is 1. The van der Waals surface area contributed by atoms with E-state index in [0.717, 1.165) is 33.4 Å². The van der Waals surface area contributed by atoms with Gasteiger partial charge in [-0.05, 0) is 31.5 Å². The van der Waals surface area contributed by atoms with Crippen LogP contribution in [-0.4, -0.2) is 35.6 Å². The SMILES string of the molecule is Cc1cnc(Nc2cc(C)n(C)n2)nc1-c1c[nH]c2c(N3Cc4c(cccc4[N+](=O)[O-])C3=O)cccc12. The Balaban J connectivity index is 1.39. The summed E-state index contributed by atoms with van der Waals surface area (Å²) in [4.78, 5) is 38.4. The topological polar surface area (TPSA) is 135 Å². The van der Waals surface area contributed by atoms with Gasteiger partial charge >= 0.3 is 0 Å². The number of aromatic amines is 1. The molecule has 0 fully saturated rings. The number of hydrogen-bond donors (Lipinski definition) is 2. The summed E-state index contributed by atoms with van der Waals surface area (Å²) < 4.78 is 1.77. The van der Waals surface area contributed by atoms with Crippen molar-refractivity contribution >= 4 is 40.0 Å². The normalized spacial score (nSPS) is 12.8. The first kappa shape index (κ1) is 22.4. The van der Waals surface area contributed by atoms with E-state index >= 15 is 0 Å². The van der Waals surface area contributed by atoms with Gasteiger partial charge in [0.05, 0.1) is 39.5 Å². The maximum atomic E-state index is 13.2. The summed E-state index contributed by atoms with van der Waals surface area (Å²) in [7, 11) is 1.87. The van der Waals surface area contributed by atoms with Crippen LogP contribution in [0.5, 0.6) is 0 Å². The number of nitrogens with zero attached hydrogens (tertiary/aromatic N) is 6. The molecule has 6 rings (SSSR count). The number of aromatic nitrogens is 5. The number of fused-ring (bicyclic) bond motifs is 2. The molecule has 11 nitrogen and oxygen atoms in total. The molecule has 184 valence electrons. The van der Waals surface area contributed by atoms with E-state index in [1.165, 1.54) is 6.07 Å². The van der Waals surface area contributed by atoms with Crippen LogP contribution < -0.4 is 10.2 Å². The average Bonchev–Trinajstić information content (AvgIpc) is 3.55. The van der Waals surface area contributed by atoms with Crippen molar-refractivity contribution < 1.29 is 9.72 Å². The van der Waals surface area contributed by atoms with Gasteiger partial charge in [-0.25, -0.2) is 9.97 Å². The van der Waals surface area contributed by atoms with E-state index < -0.39 is 4.92 Å². The largest absolute Gasteiger partial charge is 0.359 e. The zero-order valence-electron chi connectivity index (χ0n) is 20.3. The zero-order valence-corrected chi connectivity index (χ0v) is 20.3. The monoisotopic (exact) mass is 494 g/mol. The highest BCUT2D eigenvalue weighted by atomic mass is 16.6. The van der Waals surface area contributed by atoms with Crippen molar-refractivity contribution in [1.82, 2.24) is 24.7 Å². The summed E-state index contributed by atoms with van der Waals surface area (Å²) >= 11 is 0. The Kier molecular flexibility index (Phi) is 5.00. The highest BCUT2D eigenvalue weighted by Gasteiger charge is 2.35. The molecule has 37 heavy (non-hydrogen) atoms. The molecule has 3 aromatic heterocycles. The lowest BCUT2D eigenvalue weighted by Crippen LogP contribution is -2.23. The molecular formula is C26H22N8O3. The van der Waals surface area contributed by atoms with Crippen LogP contribution in [0.2, 0.25) is 0 Å². The Hall–Kier alpha value is -5.06. The Bertz CT molecular complexity index is 1720. The first-order chi connectivity index (χ1) is 17.8. The van der Waals surface area contributed by atoms with Gasteiger partial charge < -0.3 is 15.2 Å². The molecule has 2 aromatic carbocycles. The Morgan fingerprint density at radius 3 is 2.70 bits per heavy atom. The molecule has 2 N–H and O–H groups in total. The van der Waals surface area contributed by atoms with E-state index in [1.807, 2.05) is 51.4 Å². The van der Waals surface area contributed by atoms with Crippen LogP contribution in [0, 0.1) is 24.0 Å². The molecule has 0 atom stereocenters. The number of nitro benzene ring substituents is 1. The van der Waals surface area contributed by atoms with Gasteiger partial charge in [0.15, 0.2) is 5.82 Å². The van der Waals surface area contributed by atoms with Gasteiger partial charge in [0.2, 0.25) is 5.95 Å². The fraction of sp³-hybridized carbons (Fsp3) is 0.154. The summed E-state index contributed by atoms with van der Waals surface area (Å²) in [6.07, 6.45) is 3.61. The molecule has 0 aliphatic carbocycles. The van der Waals surface area contributed by atoms with Gasteiger partial charge in [-0.15, -0.1) is 0 Å². The lowest BCUT2D eigenvalue weighted by Gasteiger charge is -2.17. The van der Waals surface area contributed by atoms with E-state index in [0.29, 0.717) is 28.6 Å². The number of para-hydroxylation sites is 1. The minimum Gasteiger partial charge on any atom is -0.359 e. The first-order valence-electron chi connectivity index (χ1n) is 11.6. The van der Waals surface area contributed by atoms with Crippen molar-refractivity contribution in [3.63, 3.8) is 0 Å². The summed E-state index contributed by atoms with van der Waals surface area (Å²) in [5.41, 5.74) is 5.60. The Labute approximate surface area is 210 Å². The standard InChI is InChI=1S/C26H22N8O3/c1-14-11-28-26(29-22-10-15(2)32(3)31-22)30-23(14)18-12-27-24-16(18)6-4-9-21(24)33-13-19-17(25(33)35)7-5-8-20(19)34(36)37/h4-12,27H,13H2,1-3H3,(H,28,29,30,31). The molecule has 11 heteroatoms. The van der Waals surface area contributed by atoms with E-state index in [4.69, 9.17) is 4.98 Å². The summed E-state index contributed by atoms with van der Waals surface area (Å²) in [6.45, 7) is 4.03. The number of benzene rings is 2. The highest BCUT2D eigenvalue weighted by Crippen LogP contribution is 2.39. The van der Waals surface area contributed by atoms with Crippen molar-refractivity contribution in [2.75, 3.05) is 10.2 Å². The second kappa shape index (κ2) is 8.26. The Morgan fingerprint density at radius 2 is 1.95 bits per heavy atom. The summed E-state index contributed by atoms with van der Waals surface area (Å²) in [5.74, 6) is 0.802. The molecule has 0 bridgehead atoms. The maximum absolute atomic E-state index is 13.2. The molecule has 0 radical (unpaired) electrons. The number of hydrogen-bond acceptors (Lipinski definition) is 7. The number of carbonyl (C=O) groups excluding carboxylic acids is 1. The minimum atomic E-state index is -0.446. The van der Waals surface area contributed by atoms with Gasteiger partial charge in [-0.2, -0.15) is 5.10 Å². The van der Waals surface area contributed by atoms with Crippen LogP contribution in [0.3, 0.4) is 0 Å². The quantitative estimate of drug-likeness (QED) is 0.265. The molecule has 0 spiro atoms. The van der Waals surface area contributed by atoms with Gasteiger partial charge in [0, 0.05) is 48.2 Å². The average molecular weight is 495 g/mol. The number of aryl methyl sites for hydroxylation is 3. The zero-order chi connectivity index (χ0) is 25.8. The molecule has 0 unspecified atom stereocenters. The van der Waals surface area contributed by atoms with Crippen LogP contribution in [0.25, 0.3) is 22.2 Å². The van der Waals surface area contributed by atoms with E-state index in [-0.39, 0.29) is 18.1 Å². The van der Waals surface area contributed by atoms with E-state index in [2.05, 4.69) is 20.4 Å². The molecule has 1 aliphatic rings. The van der Waals surface area contributed by atoms with Crippen molar-refractivity contribution in [3.05, 3.63) is 87.4 Å². The number of rotatable bonds is 5. The van der Waals surface area contributed by atoms with Crippen molar-refractivity contribution in [1.29, 1.82) is 0 Å². The predicted molar refractivity (Wildman–Crippen MR) is 139 cm³/mol. The van der Waals surface area contributed by atoms with E-state index in [9.17, 15) is 14.9 Å². The van der Waals surface area contributed by atoms with Crippen molar-refractivity contribution in [2.45, 2.75) is 20.4 Å². The first-order valence-corrected chi connectivity index (χ1v) is 11.6. The maximum Gasteiger partial charge on any atom is 0.275 e. The third-order valence-electron chi connectivity index (χ3n) is 6.70. The lowest BCUT2D eigenvalue weighted by atomic mass is 10.1. The second-order valence-corrected chi connectivity index (χ2v) is 9.00. The lowest BCUT2D eigenvalue weighted by molar-refractivity contribution is -0.385. The molecular weight excluding hydrogens is 472 g/mol. The van der Waals surface area contributed by atoms with Crippen molar-refractivity contribution in [2.24, 2.45) is 7.05 Å². The third-order valence-corrected chi connectivity index (χ3v) is 6.70. The van der Waals surface area contributed by atoms with Gasteiger partial charge in [0.25, 0.3) is 11.6 Å². The highest BCUT2D eigenvalue weighted by molar-refractivity contribution is 6.15. The number of carbonyl (C=O) groups is 1.